The molecule has 3 heterocycles. The van der Waals surface area contributed by atoms with Crippen LogP contribution in [0.2, 0.25) is 10.0 Å². The molecule has 0 saturated carbocycles. The largest absolute Gasteiger partial charge is 0.573 e. The van der Waals surface area contributed by atoms with E-state index in [0.717, 1.165) is 44.3 Å². The molecule has 5 rings (SSSR count). The minimum Gasteiger partial charge on any atom is -0.406 e. The normalized spacial score (nSPS) is 21.1. The summed E-state index contributed by atoms with van der Waals surface area (Å²) in [5, 5.41) is 11.5. The fourth-order valence-corrected chi connectivity index (χ4v) is 6.32. The van der Waals surface area contributed by atoms with Crippen molar-refractivity contribution in [1.29, 1.82) is 0 Å². The van der Waals surface area contributed by atoms with Gasteiger partial charge in [-0.25, -0.2) is 0 Å². The Hall–Kier alpha value is -2.59. The molecule has 2 aromatic carbocycles. The van der Waals surface area contributed by atoms with E-state index in [1.165, 1.54) is 24.4 Å². The molecule has 2 fully saturated rings. The van der Waals surface area contributed by atoms with Crippen LogP contribution in [0.3, 0.4) is 0 Å². The quantitative estimate of drug-likeness (QED) is 0.366. The second-order valence-electron chi connectivity index (χ2n) is 10.5. The molecule has 0 radical (unpaired) electrons. The fourth-order valence-electron chi connectivity index (χ4n) is 6.00. The van der Waals surface area contributed by atoms with E-state index in [1.807, 2.05) is 12.1 Å². The van der Waals surface area contributed by atoms with Crippen molar-refractivity contribution >= 4 is 40.0 Å². The number of hydrogen-bond acceptors (Lipinski definition) is 5. The lowest BCUT2D eigenvalue weighted by Crippen LogP contribution is -2.52. The number of aliphatic hydroxyl groups is 1. The van der Waals surface area contributed by atoms with Crippen molar-refractivity contribution < 1.29 is 27.8 Å². The molecule has 3 aromatic rings. The lowest BCUT2D eigenvalue weighted by atomic mass is 9.80. The van der Waals surface area contributed by atoms with Crippen LogP contribution in [0.1, 0.15) is 35.2 Å². The van der Waals surface area contributed by atoms with Crippen molar-refractivity contribution in [2.45, 2.75) is 38.1 Å². The zero-order chi connectivity index (χ0) is 28.4. The third kappa shape index (κ3) is 6.65. The molecular formula is C29H30Cl2F3N3O3. The number of fused-ring (bicyclic) bond motifs is 1. The number of halogens is 5. The Bertz CT molecular complexity index is 1370. The molecule has 214 valence electrons. The minimum atomic E-state index is -4.82. The van der Waals surface area contributed by atoms with Crippen molar-refractivity contribution in [2.24, 2.45) is 11.8 Å². The van der Waals surface area contributed by atoms with E-state index in [9.17, 15) is 23.1 Å². The molecule has 1 amide bonds. The first-order valence-electron chi connectivity index (χ1n) is 13.3. The number of carbonyl (C=O) groups is 1. The van der Waals surface area contributed by atoms with Crippen LogP contribution in [0.4, 0.5) is 13.2 Å². The first kappa shape index (κ1) is 28.9. The average Bonchev–Trinajstić information content (AvgIpc) is 2.94. The number of aliphatic hydroxyl groups excluding tert-OH is 1. The predicted octanol–water partition coefficient (Wildman–Crippen LogP) is 6.22. The zero-order valence-corrected chi connectivity index (χ0v) is 23.2. The van der Waals surface area contributed by atoms with Gasteiger partial charge in [-0.1, -0.05) is 29.3 Å². The van der Waals surface area contributed by atoms with Crippen LogP contribution >= 0.6 is 23.2 Å². The first-order chi connectivity index (χ1) is 19.1. The van der Waals surface area contributed by atoms with Gasteiger partial charge in [0, 0.05) is 43.9 Å². The van der Waals surface area contributed by atoms with Gasteiger partial charge in [-0.2, -0.15) is 0 Å². The Kier molecular flexibility index (Phi) is 8.75. The van der Waals surface area contributed by atoms with Gasteiger partial charge in [0.25, 0.3) is 5.91 Å². The number of nitrogens with zero attached hydrogens (tertiary/aromatic N) is 3. The topological polar surface area (TPSA) is 65.9 Å². The number of likely N-dealkylation sites (tertiary alicyclic amines) is 2. The summed E-state index contributed by atoms with van der Waals surface area (Å²) in [6.07, 6.45) is 0.0207. The second-order valence-corrected chi connectivity index (χ2v) is 11.4. The maximum absolute atomic E-state index is 13.4. The van der Waals surface area contributed by atoms with Gasteiger partial charge in [-0.3, -0.25) is 14.7 Å². The second kappa shape index (κ2) is 12.1. The van der Waals surface area contributed by atoms with E-state index in [1.54, 1.807) is 17.0 Å². The van der Waals surface area contributed by atoms with Crippen LogP contribution in [-0.4, -0.2) is 71.0 Å². The van der Waals surface area contributed by atoms with E-state index in [4.69, 9.17) is 23.2 Å². The maximum Gasteiger partial charge on any atom is 0.573 e. The molecule has 2 aliphatic heterocycles. The number of hydrogen-bond donors (Lipinski definition) is 1. The standard InChI is InChI=1S/C29H30Cl2F3N3O3/c30-25-3-1-18(14-26(25)31)13-19-6-10-37(16-20(19)17-38)21-7-11-36(12-8-21)28(39)23-5-9-35-27-4-2-22(15-24(23)27)40-29(32,33)34/h1-5,9,14-15,19-21,38H,6-8,10-13,16-17H2/t19?,20-/m0/s1. The lowest BCUT2D eigenvalue weighted by Gasteiger charge is -2.44. The minimum absolute atomic E-state index is 0.106. The summed E-state index contributed by atoms with van der Waals surface area (Å²) >= 11 is 12.2. The van der Waals surface area contributed by atoms with Gasteiger partial charge in [0.2, 0.25) is 0 Å². The Labute approximate surface area is 240 Å². The van der Waals surface area contributed by atoms with Crippen molar-refractivity contribution in [3.8, 4) is 5.75 Å². The van der Waals surface area contributed by atoms with Gasteiger partial charge in [0.15, 0.2) is 0 Å². The molecule has 1 aromatic heterocycles. The van der Waals surface area contributed by atoms with Crippen LogP contribution < -0.4 is 4.74 Å². The van der Waals surface area contributed by atoms with Gasteiger partial charge >= 0.3 is 6.36 Å². The molecule has 0 aliphatic carbocycles. The van der Waals surface area contributed by atoms with Gasteiger partial charge < -0.3 is 14.7 Å². The summed E-state index contributed by atoms with van der Waals surface area (Å²) in [6.45, 7) is 2.89. The number of ether oxygens (including phenoxy) is 1. The number of rotatable bonds is 6. The first-order valence-corrected chi connectivity index (χ1v) is 14.1. The zero-order valence-electron chi connectivity index (χ0n) is 21.7. The van der Waals surface area contributed by atoms with Crippen LogP contribution in [0.5, 0.6) is 5.75 Å². The number of amides is 1. The summed E-state index contributed by atoms with van der Waals surface area (Å²) in [6, 6.07) is 11.3. The summed E-state index contributed by atoms with van der Waals surface area (Å²) < 4.78 is 42.3. The molecule has 6 nitrogen and oxygen atoms in total. The lowest BCUT2D eigenvalue weighted by molar-refractivity contribution is -0.274. The smallest absolute Gasteiger partial charge is 0.406 e. The summed E-state index contributed by atoms with van der Waals surface area (Å²) in [5.41, 5.74) is 1.84. The van der Waals surface area contributed by atoms with Crippen LogP contribution in [0, 0.1) is 11.8 Å². The van der Waals surface area contributed by atoms with Crippen molar-refractivity contribution in [1.82, 2.24) is 14.8 Å². The molecule has 1 unspecified atom stereocenters. The molecule has 11 heteroatoms. The van der Waals surface area contributed by atoms with Crippen LogP contribution in [0.25, 0.3) is 10.9 Å². The third-order valence-electron chi connectivity index (χ3n) is 8.08. The molecule has 0 bridgehead atoms. The van der Waals surface area contributed by atoms with E-state index >= 15 is 0 Å². The van der Waals surface area contributed by atoms with Gasteiger partial charge in [0.1, 0.15) is 5.75 Å². The number of carbonyl (C=O) groups excluding carboxylic acids is 1. The molecule has 2 saturated heterocycles. The summed E-state index contributed by atoms with van der Waals surface area (Å²) in [7, 11) is 0. The molecular weight excluding hydrogens is 566 g/mol. The summed E-state index contributed by atoms with van der Waals surface area (Å²) in [5.74, 6) is -0.143. The molecule has 0 spiro atoms. The highest BCUT2D eigenvalue weighted by atomic mass is 35.5. The number of alkyl halides is 3. The Morgan fingerprint density at radius 3 is 2.48 bits per heavy atom. The molecule has 40 heavy (non-hydrogen) atoms. The van der Waals surface area contributed by atoms with Crippen molar-refractivity contribution in [3.05, 3.63) is 69.8 Å². The molecule has 2 atom stereocenters. The van der Waals surface area contributed by atoms with Crippen molar-refractivity contribution in [2.75, 3.05) is 32.8 Å². The monoisotopic (exact) mass is 595 g/mol. The molecule has 1 N–H and O–H groups in total. The predicted molar refractivity (Wildman–Crippen MR) is 148 cm³/mol. The maximum atomic E-state index is 13.4. The number of benzene rings is 2. The van der Waals surface area contributed by atoms with Crippen molar-refractivity contribution in [3.63, 3.8) is 0 Å². The van der Waals surface area contributed by atoms with Gasteiger partial charge in [-0.05, 0) is 86.0 Å². The Morgan fingerprint density at radius 2 is 1.77 bits per heavy atom. The van der Waals surface area contributed by atoms with Crippen LogP contribution in [0.15, 0.2) is 48.7 Å². The number of pyridine rings is 1. The van der Waals surface area contributed by atoms with E-state index in [2.05, 4.69) is 14.6 Å². The third-order valence-corrected chi connectivity index (χ3v) is 8.82. The van der Waals surface area contributed by atoms with Crippen LogP contribution in [-0.2, 0) is 6.42 Å². The number of aromatic nitrogens is 1. The highest BCUT2D eigenvalue weighted by Gasteiger charge is 2.35. The highest BCUT2D eigenvalue weighted by molar-refractivity contribution is 6.42. The SMILES string of the molecule is O=C(c1ccnc2ccc(OC(F)(F)F)cc12)N1CCC(N2CCC(Cc3ccc(Cl)c(Cl)c3)[C@H](CO)C2)CC1. The van der Waals surface area contributed by atoms with E-state index < -0.39 is 6.36 Å². The number of piperidine rings is 2. The fraction of sp³-hybridized carbons (Fsp3) is 0.448. The summed E-state index contributed by atoms with van der Waals surface area (Å²) in [4.78, 5) is 21.8. The van der Waals surface area contributed by atoms with E-state index in [-0.39, 0.29) is 24.2 Å². The Morgan fingerprint density at radius 1 is 1.00 bits per heavy atom. The average molecular weight is 596 g/mol. The Balaban J connectivity index is 1.20. The van der Waals surface area contributed by atoms with Gasteiger partial charge in [0.05, 0.1) is 21.1 Å². The molecule has 2 aliphatic rings. The highest BCUT2D eigenvalue weighted by Crippen LogP contribution is 2.33. The van der Waals surface area contributed by atoms with E-state index in [0.29, 0.717) is 51.6 Å². The van der Waals surface area contributed by atoms with Gasteiger partial charge in [-0.15, -0.1) is 13.2 Å².